The molecule has 3 aromatic rings. The number of carbonyl (C=O) groups excluding carboxylic acids is 1. The normalized spacial score (nSPS) is 10.9. The summed E-state index contributed by atoms with van der Waals surface area (Å²) >= 11 is 0. The minimum Gasteiger partial charge on any atom is -0.465 e. The van der Waals surface area contributed by atoms with E-state index >= 15 is 0 Å². The maximum Gasteiger partial charge on any atom is 0.337 e. The molecule has 0 fully saturated rings. The highest BCUT2D eigenvalue weighted by Crippen LogP contribution is 2.25. The molecule has 0 amide bonds. The number of methoxy groups -OCH3 is 1. The van der Waals surface area contributed by atoms with Gasteiger partial charge in [-0.05, 0) is 54.6 Å². The van der Waals surface area contributed by atoms with E-state index in [0.29, 0.717) is 11.5 Å². The van der Waals surface area contributed by atoms with Gasteiger partial charge in [0.25, 0.3) is 10.0 Å². The Morgan fingerprint density at radius 2 is 1.57 bits per heavy atom. The fourth-order valence-electron chi connectivity index (χ4n) is 2.38. The van der Waals surface area contributed by atoms with Crippen molar-refractivity contribution in [2.24, 2.45) is 0 Å². The number of nitrogens with one attached hydrogen (secondary N) is 1. The highest BCUT2D eigenvalue weighted by atomic mass is 32.2. The lowest BCUT2D eigenvalue weighted by atomic mass is 10.2. The molecule has 0 aliphatic carbocycles. The van der Waals surface area contributed by atoms with Crippen LogP contribution < -0.4 is 9.46 Å². The van der Waals surface area contributed by atoms with Gasteiger partial charge in [-0.2, -0.15) is 0 Å². The van der Waals surface area contributed by atoms with Crippen LogP contribution in [0.15, 0.2) is 77.7 Å². The van der Waals surface area contributed by atoms with Crippen LogP contribution in [0.2, 0.25) is 0 Å². The SMILES string of the molecule is COC(=O)c1ccc(F)c(S(=O)(=O)Nc2ccc(Oc3ccccc3)cc2)c1. The Labute approximate surface area is 161 Å². The first kappa shape index (κ1) is 19.4. The number of esters is 1. The Morgan fingerprint density at radius 3 is 2.21 bits per heavy atom. The van der Waals surface area contributed by atoms with Gasteiger partial charge in [0.2, 0.25) is 0 Å². The van der Waals surface area contributed by atoms with Crippen molar-refractivity contribution < 1.29 is 27.1 Å². The molecule has 3 rings (SSSR count). The van der Waals surface area contributed by atoms with E-state index in [2.05, 4.69) is 9.46 Å². The van der Waals surface area contributed by atoms with Crippen molar-refractivity contribution in [3.8, 4) is 11.5 Å². The summed E-state index contributed by atoms with van der Waals surface area (Å²) in [5.41, 5.74) is 0.138. The average Bonchev–Trinajstić information content (AvgIpc) is 2.69. The summed E-state index contributed by atoms with van der Waals surface area (Å²) in [5, 5.41) is 0. The first-order valence-electron chi connectivity index (χ1n) is 8.13. The zero-order valence-electron chi connectivity index (χ0n) is 14.8. The Morgan fingerprint density at radius 1 is 0.929 bits per heavy atom. The summed E-state index contributed by atoms with van der Waals surface area (Å²) in [7, 11) is -3.10. The van der Waals surface area contributed by atoms with Crippen LogP contribution in [0.25, 0.3) is 0 Å². The summed E-state index contributed by atoms with van der Waals surface area (Å²) < 4.78 is 51.5. The van der Waals surface area contributed by atoms with Crippen LogP contribution in [0.4, 0.5) is 10.1 Å². The lowest BCUT2D eigenvalue weighted by Crippen LogP contribution is -2.15. The smallest absolute Gasteiger partial charge is 0.337 e. The van der Waals surface area contributed by atoms with Crippen LogP contribution in [-0.2, 0) is 14.8 Å². The molecular weight excluding hydrogens is 385 g/mol. The van der Waals surface area contributed by atoms with E-state index in [1.165, 1.54) is 12.1 Å². The number of hydrogen-bond donors (Lipinski definition) is 1. The van der Waals surface area contributed by atoms with Gasteiger partial charge in [-0.15, -0.1) is 0 Å². The Hall–Kier alpha value is -3.39. The van der Waals surface area contributed by atoms with E-state index in [1.54, 1.807) is 24.3 Å². The van der Waals surface area contributed by atoms with Gasteiger partial charge in [-0.3, -0.25) is 4.72 Å². The number of ether oxygens (including phenoxy) is 2. The highest BCUT2D eigenvalue weighted by molar-refractivity contribution is 7.92. The van der Waals surface area contributed by atoms with E-state index in [-0.39, 0.29) is 11.3 Å². The van der Waals surface area contributed by atoms with Gasteiger partial charge in [0.15, 0.2) is 0 Å². The number of anilines is 1. The minimum absolute atomic E-state index is 0.0733. The second kappa shape index (κ2) is 8.10. The van der Waals surface area contributed by atoms with E-state index in [4.69, 9.17) is 4.74 Å². The zero-order chi connectivity index (χ0) is 20.1. The molecule has 0 spiro atoms. The van der Waals surface area contributed by atoms with Crippen LogP contribution in [0.1, 0.15) is 10.4 Å². The topological polar surface area (TPSA) is 81.7 Å². The van der Waals surface area contributed by atoms with Crippen LogP contribution in [-0.4, -0.2) is 21.5 Å². The number of rotatable bonds is 6. The number of para-hydroxylation sites is 1. The third kappa shape index (κ3) is 4.47. The molecule has 0 atom stereocenters. The maximum absolute atomic E-state index is 14.1. The van der Waals surface area contributed by atoms with Crippen molar-refractivity contribution in [1.29, 1.82) is 0 Å². The number of halogens is 1. The highest BCUT2D eigenvalue weighted by Gasteiger charge is 2.21. The van der Waals surface area contributed by atoms with Crippen molar-refractivity contribution in [3.63, 3.8) is 0 Å². The molecule has 1 N–H and O–H groups in total. The molecule has 0 aromatic heterocycles. The second-order valence-electron chi connectivity index (χ2n) is 5.68. The van der Waals surface area contributed by atoms with Gasteiger partial charge in [0.05, 0.1) is 12.7 Å². The summed E-state index contributed by atoms with van der Waals surface area (Å²) in [6, 6.07) is 18.2. The van der Waals surface area contributed by atoms with Crippen LogP contribution in [0, 0.1) is 5.82 Å². The molecule has 0 unspecified atom stereocenters. The third-order valence-electron chi connectivity index (χ3n) is 3.73. The molecule has 0 saturated heterocycles. The fraction of sp³-hybridized carbons (Fsp3) is 0.0500. The molecule has 0 aliphatic heterocycles. The first-order valence-corrected chi connectivity index (χ1v) is 9.61. The Kier molecular flexibility index (Phi) is 5.60. The van der Waals surface area contributed by atoms with E-state index in [0.717, 1.165) is 25.3 Å². The molecule has 6 nitrogen and oxygen atoms in total. The van der Waals surface area contributed by atoms with E-state index in [9.17, 15) is 17.6 Å². The van der Waals surface area contributed by atoms with Crippen molar-refractivity contribution in [2.45, 2.75) is 4.90 Å². The Balaban J connectivity index is 1.80. The zero-order valence-corrected chi connectivity index (χ0v) is 15.6. The van der Waals surface area contributed by atoms with Gasteiger partial charge < -0.3 is 9.47 Å². The van der Waals surface area contributed by atoms with Crippen molar-refractivity contribution >= 4 is 21.7 Å². The minimum atomic E-state index is -4.25. The predicted molar refractivity (Wildman–Crippen MR) is 102 cm³/mol. The van der Waals surface area contributed by atoms with Crippen molar-refractivity contribution in [3.05, 3.63) is 84.2 Å². The van der Waals surface area contributed by atoms with Crippen molar-refractivity contribution in [2.75, 3.05) is 11.8 Å². The lowest BCUT2D eigenvalue weighted by molar-refractivity contribution is 0.0600. The van der Waals surface area contributed by atoms with E-state index in [1.807, 2.05) is 18.2 Å². The third-order valence-corrected chi connectivity index (χ3v) is 5.12. The van der Waals surface area contributed by atoms with Crippen LogP contribution >= 0.6 is 0 Å². The molecule has 0 saturated carbocycles. The molecule has 0 aliphatic rings. The van der Waals surface area contributed by atoms with Gasteiger partial charge in [0, 0.05) is 5.69 Å². The molecule has 0 heterocycles. The maximum atomic E-state index is 14.1. The summed E-state index contributed by atoms with van der Waals surface area (Å²) in [6.07, 6.45) is 0. The summed E-state index contributed by atoms with van der Waals surface area (Å²) in [6.45, 7) is 0. The molecule has 28 heavy (non-hydrogen) atoms. The predicted octanol–water partition coefficient (Wildman–Crippen LogP) is 4.21. The standard InChI is InChI=1S/C20H16FNO5S/c1-26-20(23)14-7-12-18(21)19(13-14)28(24,25)22-15-8-10-17(11-9-15)27-16-5-3-2-4-6-16/h2-13,22H,1H3. The molecule has 144 valence electrons. The number of sulfonamides is 1. The average molecular weight is 401 g/mol. The van der Waals surface area contributed by atoms with Gasteiger partial charge in [-0.1, -0.05) is 18.2 Å². The molecule has 0 radical (unpaired) electrons. The molecule has 3 aromatic carbocycles. The van der Waals surface area contributed by atoms with E-state index < -0.39 is 26.7 Å². The number of hydrogen-bond acceptors (Lipinski definition) is 5. The second-order valence-corrected chi connectivity index (χ2v) is 7.33. The first-order chi connectivity index (χ1) is 13.4. The Bertz CT molecular complexity index is 1080. The fourth-order valence-corrected chi connectivity index (χ4v) is 3.54. The molecular formula is C20H16FNO5S. The van der Waals surface area contributed by atoms with Gasteiger partial charge >= 0.3 is 5.97 Å². The molecule has 8 heteroatoms. The van der Waals surface area contributed by atoms with Crippen molar-refractivity contribution in [1.82, 2.24) is 0 Å². The summed E-state index contributed by atoms with van der Waals surface area (Å²) in [5.74, 6) is -0.603. The number of carbonyl (C=O) groups is 1. The van der Waals surface area contributed by atoms with Gasteiger partial charge in [0.1, 0.15) is 22.2 Å². The van der Waals surface area contributed by atoms with Gasteiger partial charge in [-0.25, -0.2) is 17.6 Å². The lowest BCUT2D eigenvalue weighted by Gasteiger charge is -2.11. The quantitative estimate of drug-likeness (QED) is 0.626. The van der Waals surface area contributed by atoms with Crippen LogP contribution in [0.5, 0.6) is 11.5 Å². The summed E-state index contributed by atoms with van der Waals surface area (Å²) in [4.78, 5) is 10.9. The molecule has 0 bridgehead atoms. The van der Waals surface area contributed by atoms with Crippen LogP contribution in [0.3, 0.4) is 0 Å². The monoisotopic (exact) mass is 401 g/mol. The largest absolute Gasteiger partial charge is 0.465 e. The number of benzene rings is 3.